The van der Waals surface area contributed by atoms with E-state index in [0.29, 0.717) is 26.1 Å². The van der Waals surface area contributed by atoms with E-state index in [4.69, 9.17) is 4.74 Å². The third kappa shape index (κ3) is 4.02. The van der Waals surface area contributed by atoms with Crippen LogP contribution in [0.1, 0.15) is 6.42 Å². The smallest absolute Gasteiger partial charge is 0.249 e. The molecule has 0 spiro atoms. The van der Waals surface area contributed by atoms with Crippen molar-refractivity contribution in [1.82, 2.24) is 10.6 Å². The van der Waals surface area contributed by atoms with Crippen LogP contribution in [0.3, 0.4) is 0 Å². The Morgan fingerprint density at radius 3 is 2.95 bits per heavy atom. The van der Waals surface area contributed by atoms with Gasteiger partial charge in [-0.25, -0.2) is 4.39 Å². The maximum absolute atomic E-state index is 13.7. The fourth-order valence-electron chi connectivity index (χ4n) is 2.35. The van der Waals surface area contributed by atoms with Crippen LogP contribution in [0.5, 0.6) is 0 Å². The average molecular weight is 309 g/mol. The molecule has 2 N–H and O–H groups in total. The number of nitrogens with zero attached hydrogens (tertiary/aromatic N) is 1. The molecule has 0 bridgehead atoms. The maximum atomic E-state index is 13.7. The van der Waals surface area contributed by atoms with Crippen LogP contribution in [-0.2, 0) is 14.3 Å². The van der Waals surface area contributed by atoms with E-state index in [1.54, 1.807) is 25.3 Å². The van der Waals surface area contributed by atoms with Gasteiger partial charge in [0.05, 0.1) is 18.8 Å². The Bertz CT molecular complexity index is 539. The van der Waals surface area contributed by atoms with Crippen molar-refractivity contribution < 1.29 is 18.7 Å². The lowest BCUT2D eigenvalue weighted by molar-refractivity contribution is -0.125. The van der Waals surface area contributed by atoms with E-state index in [2.05, 4.69) is 10.6 Å². The molecule has 1 aromatic carbocycles. The van der Waals surface area contributed by atoms with Crippen LogP contribution in [0.15, 0.2) is 24.3 Å². The van der Waals surface area contributed by atoms with Gasteiger partial charge in [0.15, 0.2) is 0 Å². The Kier molecular flexibility index (Phi) is 5.85. The van der Waals surface area contributed by atoms with Gasteiger partial charge in [0.1, 0.15) is 11.9 Å². The Morgan fingerprint density at radius 1 is 1.45 bits per heavy atom. The van der Waals surface area contributed by atoms with E-state index in [1.807, 2.05) is 0 Å². The fourth-order valence-corrected chi connectivity index (χ4v) is 2.35. The number of anilines is 1. The van der Waals surface area contributed by atoms with Crippen LogP contribution in [0, 0.1) is 5.82 Å². The molecule has 2 rings (SSSR count). The lowest BCUT2D eigenvalue weighted by Crippen LogP contribution is -2.45. The number of carbonyl (C=O) groups excluding carboxylic acids is 2. The molecule has 7 heteroatoms. The van der Waals surface area contributed by atoms with Crippen molar-refractivity contribution in [3.8, 4) is 0 Å². The summed E-state index contributed by atoms with van der Waals surface area (Å²) in [6.45, 7) is 1.58. The highest BCUT2D eigenvalue weighted by Crippen LogP contribution is 2.24. The summed E-state index contributed by atoms with van der Waals surface area (Å²) >= 11 is 0. The quantitative estimate of drug-likeness (QED) is 0.710. The zero-order chi connectivity index (χ0) is 15.9. The molecule has 0 aliphatic carbocycles. The van der Waals surface area contributed by atoms with Gasteiger partial charge in [-0.15, -0.1) is 0 Å². The summed E-state index contributed by atoms with van der Waals surface area (Å²) in [5, 5.41) is 5.57. The molecule has 1 aliphatic rings. The minimum atomic E-state index is -0.601. The van der Waals surface area contributed by atoms with E-state index >= 15 is 0 Å². The molecule has 1 saturated heterocycles. The normalized spacial score (nSPS) is 17.8. The van der Waals surface area contributed by atoms with Gasteiger partial charge in [-0.3, -0.25) is 9.59 Å². The molecule has 1 atom stereocenters. The number of ether oxygens (including phenoxy) is 1. The number of para-hydroxylation sites is 1. The molecule has 6 nitrogen and oxygen atoms in total. The largest absolute Gasteiger partial charge is 0.383 e. The van der Waals surface area contributed by atoms with Crippen molar-refractivity contribution in [3.63, 3.8) is 0 Å². The third-order valence-corrected chi connectivity index (χ3v) is 3.45. The van der Waals surface area contributed by atoms with Crippen molar-refractivity contribution in [2.45, 2.75) is 12.5 Å². The number of methoxy groups -OCH3 is 1. The number of nitrogens with one attached hydrogen (secondary N) is 2. The van der Waals surface area contributed by atoms with Crippen molar-refractivity contribution >= 4 is 17.5 Å². The number of hydrogen-bond acceptors (Lipinski definition) is 4. The van der Waals surface area contributed by atoms with Crippen LogP contribution >= 0.6 is 0 Å². The molecule has 0 radical (unpaired) electrons. The highest BCUT2D eigenvalue weighted by Gasteiger charge is 2.34. The predicted octanol–water partition coefficient (Wildman–Crippen LogP) is 0.283. The van der Waals surface area contributed by atoms with Crippen LogP contribution in [0.2, 0.25) is 0 Å². The number of benzene rings is 1. The van der Waals surface area contributed by atoms with E-state index in [-0.39, 0.29) is 24.0 Å². The SMILES string of the molecule is COCCNCC(=O)NC1CCN(c2ccccc2F)C1=O. The second kappa shape index (κ2) is 7.86. The molecule has 1 aliphatic heterocycles. The zero-order valence-corrected chi connectivity index (χ0v) is 12.5. The zero-order valence-electron chi connectivity index (χ0n) is 12.5. The van der Waals surface area contributed by atoms with Gasteiger partial charge in [-0.05, 0) is 18.6 Å². The minimum Gasteiger partial charge on any atom is -0.383 e. The van der Waals surface area contributed by atoms with E-state index < -0.39 is 11.9 Å². The minimum absolute atomic E-state index is 0.118. The summed E-state index contributed by atoms with van der Waals surface area (Å²) < 4.78 is 18.6. The molecule has 22 heavy (non-hydrogen) atoms. The van der Waals surface area contributed by atoms with Crippen LogP contribution in [-0.4, -0.2) is 51.2 Å². The van der Waals surface area contributed by atoms with Gasteiger partial charge in [0.25, 0.3) is 0 Å². The van der Waals surface area contributed by atoms with Crippen molar-refractivity contribution in [1.29, 1.82) is 0 Å². The van der Waals surface area contributed by atoms with Gasteiger partial charge in [-0.1, -0.05) is 12.1 Å². The first-order valence-electron chi connectivity index (χ1n) is 7.18. The van der Waals surface area contributed by atoms with Crippen LogP contribution in [0.4, 0.5) is 10.1 Å². The van der Waals surface area contributed by atoms with Gasteiger partial charge in [-0.2, -0.15) is 0 Å². The Balaban J connectivity index is 1.86. The fraction of sp³-hybridized carbons (Fsp3) is 0.467. The molecule has 0 aromatic heterocycles. The van der Waals surface area contributed by atoms with Gasteiger partial charge in [0.2, 0.25) is 11.8 Å². The Hall–Kier alpha value is -1.99. The molecule has 0 saturated carbocycles. The third-order valence-electron chi connectivity index (χ3n) is 3.45. The van der Waals surface area contributed by atoms with Crippen LogP contribution in [0.25, 0.3) is 0 Å². The molecular formula is C15H20FN3O3. The standard InChI is InChI=1S/C15H20FN3O3/c1-22-9-7-17-10-14(20)18-12-6-8-19(15(12)21)13-5-3-2-4-11(13)16/h2-5,12,17H,6-10H2,1H3,(H,18,20). The average Bonchev–Trinajstić information content (AvgIpc) is 2.85. The number of hydrogen-bond donors (Lipinski definition) is 2. The molecule has 1 unspecified atom stereocenters. The number of amides is 2. The van der Waals surface area contributed by atoms with Crippen molar-refractivity contribution in [2.75, 3.05) is 38.3 Å². The predicted molar refractivity (Wildman–Crippen MR) is 80.0 cm³/mol. The lowest BCUT2D eigenvalue weighted by Gasteiger charge is -2.17. The van der Waals surface area contributed by atoms with Crippen molar-refractivity contribution in [2.24, 2.45) is 0 Å². The first kappa shape index (κ1) is 16.4. The van der Waals surface area contributed by atoms with Gasteiger partial charge < -0.3 is 20.3 Å². The number of carbonyl (C=O) groups is 2. The molecule has 1 fully saturated rings. The molecule has 120 valence electrons. The molecular weight excluding hydrogens is 289 g/mol. The topological polar surface area (TPSA) is 70.7 Å². The Morgan fingerprint density at radius 2 is 2.23 bits per heavy atom. The summed E-state index contributed by atoms with van der Waals surface area (Å²) in [7, 11) is 1.58. The summed E-state index contributed by atoms with van der Waals surface area (Å²) in [5.74, 6) is -0.982. The van der Waals surface area contributed by atoms with E-state index in [0.717, 1.165) is 0 Å². The molecule has 2 amide bonds. The molecule has 1 aromatic rings. The summed E-state index contributed by atoms with van der Waals surface area (Å²) in [5.41, 5.74) is 0.252. The first-order chi connectivity index (χ1) is 10.6. The summed E-state index contributed by atoms with van der Waals surface area (Å²) in [4.78, 5) is 25.4. The maximum Gasteiger partial charge on any atom is 0.249 e. The lowest BCUT2D eigenvalue weighted by atomic mass is 10.2. The van der Waals surface area contributed by atoms with E-state index in [9.17, 15) is 14.0 Å². The van der Waals surface area contributed by atoms with Gasteiger partial charge in [0, 0.05) is 20.2 Å². The molecule has 1 heterocycles. The van der Waals surface area contributed by atoms with Crippen molar-refractivity contribution in [3.05, 3.63) is 30.1 Å². The second-order valence-corrected chi connectivity index (χ2v) is 5.02. The first-order valence-corrected chi connectivity index (χ1v) is 7.18. The highest BCUT2D eigenvalue weighted by atomic mass is 19.1. The number of halogens is 1. The summed E-state index contributed by atoms with van der Waals surface area (Å²) in [6.07, 6.45) is 0.469. The highest BCUT2D eigenvalue weighted by molar-refractivity contribution is 6.01. The second-order valence-electron chi connectivity index (χ2n) is 5.02. The number of rotatable bonds is 7. The Labute approximate surface area is 128 Å². The van der Waals surface area contributed by atoms with Gasteiger partial charge >= 0.3 is 0 Å². The monoisotopic (exact) mass is 309 g/mol. The van der Waals surface area contributed by atoms with E-state index in [1.165, 1.54) is 11.0 Å². The van der Waals surface area contributed by atoms with Crippen LogP contribution < -0.4 is 15.5 Å². The summed E-state index contributed by atoms with van der Waals surface area (Å²) in [6, 6.07) is 5.52.